The van der Waals surface area contributed by atoms with Gasteiger partial charge in [0.25, 0.3) is 0 Å². The van der Waals surface area contributed by atoms with Gasteiger partial charge in [-0.25, -0.2) is 4.39 Å². The molecule has 2 rings (SSSR count). The molecule has 0 fully saturated rings. The van der Waals surface area contributed by atoms with Gasteiger partial charge in [0.2, 0.25) is 0 Å². The number of methoxy groups -OCH3 is 1. The topological polar surface area (TPSA) is 53.7 Å². The van der Waals surface area contributed by atoms with Gasteiger partial charge in [0.1, 0.15) is 13.2 Å². The van der Waals surface area contributed by atoms with Crippen molar-refractivity contribution in [2.75, 3.05) is 26.9 Å². The van der Waals surface area contributed by atoms with Crippen LogP contribution in [0.3, 0.4) is 0 Å². The van der Waals surface area contributed by atoms with Crippen LogP contribution in [-0.4, -0.2) is 26.9 Å². The van der Waals surface area contributed by atoms with E-state index < -0.39 is 5.82 Å². The van der Waals surface area contributed by atoms with E-state index in [1.807, 2.05) is 0 Å². The summed E-state index contributed by atoms with van der Waals surface area (Å²) in [5.41, 5.74) is 5.67. The Kier molecular flexibility index (Phi) is 3.49. The molecule has 0 atom stereocenters. The zero-order chi connectivity index (χ0) is 12.3. The summed E-state index contributed by atoms with van der Waals surface area (Å²) in [5.74, 6) is 0.554. The molecule has 92 valence electrons. The smallest absolute Gasteiger partial charge is 0.176 e. The molecule has 1 heterocycles. The number of halogens is 1. The minimum Gasteiger partial charge on any atom is -0.494 e. The van der Waals surface area contributed by atoms with E-state index in [1.165, 1.54) is 13.2 Å². The Hall–Kier alpha value is -1.75. The Morgan fingerprint density at radius 1 is 1.47 bits per heavy atom. The number of ether oxygens (including phenoxy) is 3. The van der Waals surface area contributed by atoms with Crippen molar-refractivity contribution in [1.82, 2.24) is 0 Å². The quantitative estimate of drug-likeness (QED) is 0.870. The molecule has 2 N–H and O–H groups in total. The summed E-state index contributed by atoms with van der Waals surface area (Å²) in [5, 5.41) is 0. The Bertz CT molecular complexity index is 446. The standard InChI is InChI=1S/C12H14FNO3/c1-15-9-7-10-12(17-6-5-16-10)8(11(9)13)3-2-4-14/h2-3,7H,4-6,14H2,1H3/b3-2+. The highest BCUT2D eigenvalue weighted by Crippen LogP contribution is 2.40. The van der Waals surface area contributed by atoms with E-state index in [0.717, 1.165) is 0 Å². The van der Waals surface area contributed by atoms with Crippen LogP contribution in [0, 0.1) is 5.82 Å². The average molecular weight is 239 g/mol. The Morgan fingerprint density at radius 3 is 2.94 bits per heavy atom. The summed E-state index contributed by atoms with van der Waals surface area (Å²) in [6.07, 6.45) is 3.22. The highest BCUT2D eigenvalue weighted by Gasteiger charge is 2.22. The van der Waals surface area contributed by atoms with Crippen molar-refractivity contribution >= 4 is 6.08 Å². The summed E-state index contributed by atoms with van der Waals surface area (Å²) < 4.78 is 29.8. The van der Waals surface area contributed by atoms with Gasteiger partial charge in [-0.05, 0) is 0 Å². The van der Waals surface area contributed by atoms with Crippen molar-refractivity contribution in [3.05, 3.63) is 23.5 Å². The van der Waals surface area contributed by atoms with Crippen LogP contribution >= 0.6 is 0 Å². The fourth-order valence-corrected chi connectivity index (χ4v) is 1.65. The third kappa shape index (κ3) is 2.19. The molecule has 0 unspecified atom stereocenters. The number of hydrogen-bond donors (Lipinski definition) is 1. The van der Waals surface area contributed by atoms with E-state index in [4.69, 9.17) is 19.9 Å². The zero-order valence-electron chi connectivity index (χ0n) is 9.53. The first kappa shape index (κ1) is 11.7. The van der Waals surface area contributed by atoms with E-state index >= 15 is 0 Å². The molecule has 0 bridgehead atoms. The van der Waals surface area contributed by atoms with E-state index in [-0.39, 0.29) is 5.75 Å². The second-order valence-electron chi connectivity index (χ2n) is 3.47. The van der Waals surface area contributed by atoms with Gasteiger partial charge in [-0.2, -0.15) is 0 Å². The van der Waals surface area contributed by atoms with Crippen molar-refractivity contribution in [3.63, 3.8) is 0 Å². The molecular formula is C12H14FNO3. The van der Waals surface area contributed by atoms with Gasteiger partial charge in [-0.3, -0.25) is 0 Å². The lowest BCUT2D eigenvalue weighted by Crippen LogP contribution is -2.17. The van der Waals surface area contributed by atoms with Crippen LogP contribution in [0.15, 0.2) is 12.1 Å². The Labute approximate surface area is 98.8 Å². The van der Waals surface area contributed by atoms with E-state index in [0.29, 0.717) is 36.8 Å². The van der Waals surface area contributed by atoms with Crippen LogP contribution < -0.4 is 19.9 Å². The molecule has 1 aliphatic rings. The average Bonchev–Trinajstić information content (AvgIpc) is 2.37. The first-order valence-electron chi connectivity index (χ1n) is 5.30. The molecule has 1 aliphatic heterocycles. The molecule has 0 saturated carbocycles. The zero-order valence-corrected chi connectivity index (χ0v) is 9.53. The minimum atomic E-state index is -0.471. The molecule has 1 aromatic carbocycles. The summed E-state index contributed by atoms with van der Waals surface area (Å²) in [6, 6.07) is 1.49. The largest absolute Gasteiger partial charge is 0.494 e. The lowest BCUT2D eigenvalue weighted by atomic mass is 10.1. The molecular weight excluding hydrogens is 225 g/mol. The summed E-state index contributed by atoms with van der Waals surface area (Å²) in [6.45, 7) is 1.18. The highest BCUT2D eigenvalue weighted by atomic mass is 19.1. The molecule has 0 radical (unpaired) electrons. The maximum atomic E-state index is 14.0. The van der Waals surface area contributed by atoms with Crippen molar-refractivity contribution in [1.29, 1.82) is 0 Å². The molecule has 0 spiro atoms. The summed E-state index contributed by atoms with van der Waals surface area (Å²) >= 11 is 0. The fraction of sp³-hybridized carbons (Fsp3) is 0.333. The van der Waals surface area contributed by atoms with Gasteiger partial charge in [0.05, 0.1) is 12.7 Å². The maximum Gasteiger partial charge on any atom is 0.176 e. The highest BCUT2D eigenvalue weighted by molar-refractivity contribution is 5.66. The van der Waals surface area contributed by atoms with Crippen molar-refractivity contribution in [2.45, 2.75) is 0 Å². The number of hydrogen-bond acceptors (Lipinski definition) is 4. The van der Waals surface area contributed by atoms with Crippen LogP contribution in [0.4, 0.5) is 4.39 Å². The third-order valence-corrected chi connectivity index (χ3v) is 2.41. The van der Waals surface area contributed by atoms with E-state index in [1.54, 1.807) is 12.2 Å². The van der Waals surface area contributed by atoms with Crippen LogP contribution in [0.1, 0.15) is 5.56 Å². The number of benzene rings is 1. The number of nitrogens with two attached hydrogens (primary N) is 1. The lowest BCUT2D eigenvalue weighted by molar-refractivity contribution is 0.169. The summed E-state index contributed by atoms with van der Waals surface area (Å²) in [7, 11) is 1.41. The Balaban J connectivity index is 2.55. The maximum absolute atomic E-state index is 14.0. The molecule has 1 aromatic rings. The first-order valence-corrected chi connectivity index (χ1v) is 5.30. The minimum absolute atomic E-state index is 0.130. The number of rotatable bonds is 3. The first-order chi connectivity index (χ1) is 8.27. The van der Waals surface area contributed by atoms with Crippen molar-refractivity contribution in [2.24, 2.45) is 5.73 Å². The van der Waals surface area contributed by atoms with Gasteiger partial charge >= 0.3 is 0 Å². The van der Waals surface area contributed by atoms with E-state index in [9.17, 15) is 4.39 Å². The predicted octanol–water partition coefficient (Wildman–Crippen LogP) is 1.58. The van der Waals surface area contributed by atoms with Crippen molar-refractivity contribution in [3.8, 4) is 17.2 Å². The van der Waals surface area contributed by atoms with Gasteiger partial charge in [-0.1, -0.05) is 12.2 Å². The lowest BCUT2D eigenvalue weighted by Gasteiger charge is -2.21. The van der Waals surface area contributed by atoms with Crippen LogP contribution in [0.25, 0.3) is 6.08 Å². The van der Waals surface area contributed by atoms with Gasteiger partial charge in [0, 0.05) is 12.6 Å². The molecule has 0 aromatic heterocycles. The van der Waals surface area contributed by atoms with Crippen LogP contribution in [-0.2, 0) is 0 Å². The molecule has 0 amide bonds. The fourth-order valence-electron chi connectivity index (χ4n) is 1.65. The van der Waals surface area contributed by atoms with Gasteiger partial charge in [0.15, 0.2) is 23.1 Å². The monoisotopic (exact) mass is 239 g/mol. The van der Waals surface area contributed by atoms with Crippen LogP contribution in [0.2, 0.25) is 0 Å². The number of fused-ring (bicyclic) bond motifs is 1. The second kappa shape index (κ2) is 5.05. The SMILES string of the molecule is COc1cc2c(c(/C=C/CN)c1F)OCCO2. The molecule has 0 aliphatic carbocycles. The van der Waals surface area contributed by atoms with Gasteiger partial charge in [-0.15, -0.1) is 0 Å². The Morgan fingerprint density at radius 2 is 2.24 bits per heavy atom. The van der Waals surface area contributed by atoms with Crippen molar-refractivity contribution < 1.29 is 18.6 Å². The molecule has 4 nitrogen and oxygen atoms in total. The van der Waals surface area contributed by atoms with E-state index in [2.05, 4.69) is 0 Å². The second-order valence-corrected chi connectivity index (χ2v) is 3.47. The molecule has 0 saturated heterocycles. The molecule has 5 heteroatoms. The third-order valence-electron chi connectivity index (χ3n) is 2.41. The van der Waals surface area contributed by atoms with Crippen LogP contribution in [0.5, 0.6) is 17.2 Å². The molecule has 17 heavy (non-hydrogen) atoms. The summed E-state index contributed by atoms with van der Waals surface area (Å²) in [4.78, 5) is 0. The van der Waals surface area contributed by atoms with Gasteiger partial charge < -0.3 is 19.9 Å². The normalized spacial score (nSPS) is 14.1. The predicted molar refractivity (Wildman–Crippen MR) is 62.0 cm³/mol.